The lowest BCUT2D eigenvalue weighted by atomic mass is 10.1. The maximum absolute atomic E-state index is 8.98. The third kappa shape index (κ3) is 2.80. The minimum absolute atomic E-state index is 0.100. The maximum Gasteiger partial charge on any atom is 0.0809 e. The van der Waals surface area contributed by atoms with E-state index in [1.165, 1.54) is 6.20 Å². The van der Waals surface area contributed by atoms with Crippen molar-refractivity contribution in [1.82, 2.24) is 4.98 Å². The number of rotatable bonds is 2. The number of hydrogen-bond acceptors (Lipinski definition) is 2. The first-order chi connectivity index (χ1) is 8.97. The molecule has 1 aromatic carbocycles. The summed E-state index contributed by atoms with van der Waals surface area (Å²) < 4.78 is 0. The average molecular weight is 357 g/mol. The van der Waals surface area contributed by atoms with Crippen LogP contribution >= 0.6 is 58.0 Å². The lowest BCUT2D eigenvalue weighted by Crippen LogP contribution is -1.91. The second kappa shape index (κ2) is 6.04. The zero-order valence-electron chi connectivity index (χ0n) is 9.22. The molecule has 2 rings (SSSR count). The fourth-order valence-electron chi connectivity index (χ4n) is 1.50. The van der Waals surface area contributed by atoms with Crippen LogP contribution in [0.15, 0.2) is 18.3 Å². The van der Waals surface area contributed by atoms with Gasteiger partial charge in [0.25, 0.3) is 0 Å². The van der Waals surface area contributed by atoms with Gasteiger partial charge in [-0.25, -0.2) is 0 Å². The van der Waals surface area contributed by atoms with Gasteiger partial charge >= 0.3 is 0 Å². The Bertz CT molecular complexity index is 598. The number of nitrogens with zero attached hydrogens (tertiary/aromatic N) is 1. The second-order valence-electron chi connectivity index (χ2n) is 3.65. The second-order valence-corrected chi connectivity index (χ2v) is 5.54. The van der Waals surface area contributed by atoms with Crippen molar-refractivity contribution in [3.8, 4) is 11.3 Å². The van der Waals surface area contributed by atoms with E-state index >= 15 is 0 Å². The van der Waals surface area contributed by atoms with Crippen molar-refractivity contribution in [3.63, 3.8) is 0 Å². The van der Waals surface area contributed by atoms with Crippen molar-refractivity contribution in [2.75, 3.05) is 0 Å². The molecular weight excluding hydrogens is 351 g/mol. The van der Waals surface area contributed by atoms with Crippen molar-refractivity contribution in [2.24, 2.45) is 0 Å². The highest BCUT2D eigenvalue weighted by molar-refractivity contribution is 6.56. The summed E-state index contributed by atoms with van der Waals surface area (Å²) in [5.74, 6) is 0. The van der Waals surface area contributed by atoms with Gasteiger partial charge in [-0.1, -0.05) is 64.1 Å². The Labute approximate surface area is 134 Å². The molecule has 1 heterocycles. The predicted octanol–water partition coefficient (Wildman–Crippen LogP) is 5.51. The highest BCUT2D eigenvalue weighted by Crippen LogP contribution is 2.47. The number of aromatic nitrogens is 1. The third-order valence-corrected chi connectivity index (χ3v) is 4.75. The van der Waals surface area contributed by atoms with Crippen molar-refractivity contribution < 1.29 is 5.11 Å². The van der Waals surface area contributed by atoms with Crippen LogP contribution in [-0.2, 0) is 6.61 Å². The predicted molar refractivity (Wildman–Crippen MR) is 80.6 cm³/mol. The molecule has 0 bridgehead atoms. The molecule has 1 aromatic heterocycles. The molecule has 100 valence electrons. The summed E-state index contributed by atoms with van der Waals surface area (Å²) in [6.07, 6.45) is 1.51. The quantitative estimate of drug-likeness (QED) is 0.568. The zero-order chi connectivity index (χ0) is 14.2. The number of aliphatic hydroxyl groups is 1. The summed E-state index contributed by atoms with van der Waals surface area (Å²) in [6.45, 7) is -0.100. The average Bonchev–Trinajstić information content (AvgIpc) is 2.44. The van der Waals surface area contributed by atoms with Crippen LogP contribution in [0, 0.1) is 0 Å². The minimum Gasteiger partial charge on any atom is -0.392 e. The molecule has 0 unspecified atom stereocenters. The summed E-state index contributed by atoms with van der Waals surface area (Å²) in [7, 11) is 0. The third-order valence-electron chi connectivity index (χ3n) is 2.47. The Balaban J connectivity index is 2.67. The van der Waals surface area contributed by atoms with Crippen LogP contribution < -0.4 is 0 Å². The summed E-state index contributed by atoms with van der Waals surface area (Å²) in [5.41, 5.74) is 1.57. The zero-order valence-corrected chi connectivity index (χ0v) is 13.0. The molecule has 0 saturated carbocycles. The van der Waals surface area contributed by atoms with Crippen molar-refractivity contribution >= 4 is 58.0 Å². The van der Waals surface area contributed by atoms with Crippen LogP contribution in [0.1, 0.15) is 5.56 Å². The normalized spacial score (nSPS) is 10.8. The van der Waals surface area contributed by atoms with Crippen molar-refractivity contribution in [1.29, 1.82) is 0 Å². The van der Waals surface area contributed by atoms with E-state index in [1.54, 1.807) is 12.1 Å². The van der Waals surface area contributed by atoms with Crippen molar-refractivity contribution in [3.05, 3.63) is 49.0 Å². The molecule has 0 fully saturated rings. The molecule has 0 atom stereocenters. The molecule has 0 aliphatic carbocycles. The molecule has 1 N–H and O–H groups in total. The molecule has 0 aliphatic rings. The van der Waals surface area contributed by atoms with Gasteiger partial charge in [-0.3, -0.25) is 4.98 Å². The van der Waals surface area contributed by atoms with Gasteiger partial charge in [0.05, 0.1) is 37.4 Å². The molecule has 19 heavy (non-hydrogen) atoms. The maximum atomic E-state index is 8.98. The topological polar surface area (TPSA) is 33.1 Å². The van der Waals surface area contributed by atoms with Gasteiger partial charge in [0, 0.05) is 11.8 Å². The fraction of sp³-hybridized carbons (Fsp3) is 0.0833. The van der Waals surface area contributed by atoms with Crippen LogP contribution in [0.2, 0.25) is 25.1 Å². The molecule has 0 radical (unpaired) electrons. The van der Waals surface area contributed by atoms with Crippen LogP contribution in [0.3, 0.4) is 0 Å². The fourth-order valence-corrected chi connectivity index (χ4v) is 2.83. The van der Waals surface area contributed by atoms with Gasteiger partial charge in [0.2, 0.25) is 0 Å². The van der Waals surface area contributed by atoms with E-state index in [1.807, 2.05) is 0 Å². The van der Waals surface area contributed by atoms with E-state index in [9.17, 15) is 0 Å². The number of hydrogen-bond donors (Lipinski definition) is 1. The number of benzene rings is 1. The monoisotopic (exact) mass is 355 g/mol. The van der Waals surface area contributed by atoms with Gasteiger partial charge in [0.1, 0.15) is 0 Å². The highest BCUT2D eigenvalue weighted by atomic mass is 35.5. The first-order valence-corrected chi connectivity index (χ1v) is 6.94. The Morgan fingerprint density at radius 1 is 0.842 bits per heavy atom. The van der Waals surface area contributed by atoms with E-state index < -0.39 is 0 Å². The van der Waals surface area contributed by atoms with E-state index in [4.69, 9.17) is 63.1 Å². The molecule has 7 heteroatoms. The summed E-state index contributed by atoms with van der Waals surface area (Å²) in [5, 5.41) is 9.71. The smallest absolute Gasteiger partial charge is 0.0809 e. The van der Waals surface area contributed by atoms with E-state index in [2.05, 4.69) is 4.98 Å². The summed E-state index contributed by atoms with van der Waals surface area (Å²) in [4.78, 5) is 4.16. The summed E-state index contributed by atoms with van der Waals surface area (Å²) in [6, 6.07) is 3.37. The molecule has 0 amide bonds. The van der Waals surface area contributed by atoms with Gasteiger partial charge in [0.15, 0.2) is 0 Å². The van der Waals surface area contributed by atoms with Gasteiger partial charge in [-0.2, -0.15) is 0 Å². The molecule has 0 saturated heterocycles. The first-order valence-electron chi connectivity index (χ1n) is 5.05. The Hall–Kier alpha value is -0.220. The van der Waals surface area contributed by atoms with Crippen LogP contribution in [-0.4, -0.2) is 10.1 Å². The first kappa shape index (κ1) is 15.2. The van der Waals surface area contributed by atoms with Crippen LogP contribution in [0.25, 0.3) is 11.3 Å². The summed E-state index contributed by atoms with van der Waals surface area (Å²) >= 11 is 30.2. The molecule has 0 spiro atoms. The minimum atomic E-state index is -0.100. The highest BCUT2D eigenvalue weighted by Gasteiger charge is 2.21. The Morgan fingerprint density at radius 2 is 1.37 bits per heavy atom. The van der Waals surface area contributed by atoms with E-state index in [-0.39, 0.29) is 31.7 Å². The Kier molecular flexibility index (Phi) is 4.83. The number of pyridine rings is 1. The Morgan fingerprint density at radius 3 is 1.79 bits per heavy atom. The number of halogens is 5. The van der Waals surface area contributed by atoms with Gasteiger partial charge in [-0.15, -0.1) is 0 Å². The van der Waals surface area contributed by atoms with Gasteiger partial charge in [-0.05, 0) is 11.6 Å². The molecule has 2 nitrogen and oxygen atoms in total. The van der Waals surface area contributed by atoms with Crippen LogP contribution in [0.4, 0.5) is 0 Å². The lowest BCUT2D eigenvalue weighted by molar-refractivity contribution is 0.281. The largest absolute Gasteiger partial charge is 0.392 e. The van der Waals surface area contributed by atoms with Gasteiger partial charge < -0.3 is 5.11 Å². The standard InChI is InChI=1S/C12H6Cl5NO/c13-8-7(6-2-1-5(4-19)3-18-6)9(14)11(16)12(17)10(8)15/h1-3,19H,4H2. The van der Waals surface area contributed by atoms with Crippen LogP contribution in [0.5, 0.6) is 0 Å². The lowest BCUT2D eigenvalue weighted by Gasteiger charge is -2.12. The van der Waals surface area contributed by atoms with E-state index in [0.717, 1.165) is 0 Å². The number of aliphatic hydroxyl groups excluding tert-OH is 1. The van der Waals surface area contributed by atoms with E-state index in [0.29, 0.717) is 16.8 Å². The molecule has 2 aromatic rings. The molecule has 0 aliphatic heterocycles. The molecular formula is C12H6Cl5NO. The van der Waals surface area contributed by atoms with Crippen molar-refractivity contribution in [2.45, 2.75) is 6.61 Å². The SMILES string of the molecule is OCc1ccc(-c2c(Cl)c(Cl)c(Cl)c(Cl)c2Cl)nc1.